The molecule has 5 rings (SSSR count). The van der Waals surface area contributed by atoms with Gasteiger partial charge in [0.15, 0.2) is 0 Å². The van der Waals surface area contributed by atoms with Crippen LogP contribution in [0, 0.1) is 5.92 Å². The van der Waals surface area contributed by atoms with Gasteiger partial charge in [0.05, 0.1) is 0 Å². The zero-order valence-electron chi connectivity index (χ0n) is 10.9. The number of benzene rings is 2. The fraction of sp³-hybridized carbons (Fsp3) is 0.444. The van der Waals surface area contributed by atoms with Gasteiger partial charge < -0.3 is 0 Å². The minimum atomic E-state index is 0.527. The van der Waals surface area contributed by atoms with Crippen molar-refractivity contribution in [2.75, 3.05) is 0 Å². The first-order valence-corrected chi connectivity index (χ1v) is 7.35. The Morgan fingerprint density at radius 2 is 1.44 bits per heavy atom. The Labute approximate surface area is 109 Å². The first kappa shape index (κ1) is 10.6. The predicted octanol–water partition coefficient (Wildman–Crippen LogP) is 5.06. The minimum absolute atomic E-state index is 0.527. The first-order valence-electron chi connectivity index (χ1n) is 7.35. The second kappa shape index (κ2) is 3.85. The van der Waals surface area contributed by atoms with E-state index in [9.17, 15) is 0 Å². The number of hydrogen-bond acceptors (Lipinski definition) is 0. The van der Waals surface area contributed by atoms with Crippen molar-refractivity contribution in [3.05, 3.63) is 48.0 Å². The molecule has 0 radical (unpaired) electrons. The average molecular weight is 236 g/mol. The van der Waals surface area contributed by atoms with Crippen LogP contribution < -0.4 is 0 Å². The summed E-state index contributed by atoms with van der Waals surface area (Å²) in [6, 6.07) is 15.9. The fourth-order valence-corrected chi connectivity index (χ4v) is 4.20. The van der Waals surface area contributed by atoms with Gasteiger partial charge in [-0.2, -0.15) is 0 Å². The Bertz CT molecular complexity index is 560. The van der Waals surface area contributed by atoms with Gasteiger partial charge in [-0.25, -0.2) is 0 Å². The molecule has 2 aromatic carbocycles. The zero-order chi connectivity index (χ0) is 12.0. The molecule has 2 aromatic rings. The van der Waals surface area contributed by atoms with E-state index in [4.69, 9.17) is 0 Å². The van der Waals surface area contributed by atoms with Crippen LogP contribution >= 0.6 is 0 Å². The van der Waals surface area contributed by atoms with Crippen molar-refractivity contribution in [1.82, 2.24) is 0 Å². The van der Waals surface area contributed by atoms with Crippen LogP contribution in [0.15, 0.2) is 42.5 Å². The second-order valence-corrected chi connectivity index (χ2v) is 6.32. The fourth-order valence-electron chi connectivity index (χ4n) is 4.20. The molecule has 0 atom stereocenters. The minimum Gasteiger partial charge on any atom is -0.0616 e. The van der Waals surface area contributed by atoms with Crippen LogP contribution in [-0.4, -0.2) is 0 Å². The molecule has 0 unspecified atom stereocenters. The highest BCUT2D eigenvalue weighted by Crippen LogP contribution is 2.51. The summed E-state index contributed by atoms with van der Waals surface area (Å²) in [6.45, 7) is 0. The lowest BCUT2D eigenvalue weighted by molar-refractivity contribution is 0.136. The summed E-state index contributed by atoms with van der Waals surface area (Å²) in [4.78, 5) is 0. The third-order valence-electron chi connectivity index (χ3n) is 5.46. The van der Waals surface area contributed by atoms with Gasteiger partial charge in [-0.05, 0) is 66.2 Å². The molecule has 0 nitrogen and oxygen atoms in total. The molecule has 2 bridgehead atoms. The monoisotopic (exact) mass is 236 g/mol. The second-order valence-electron chi connectivity index (χ2n) is 6.32. The quantitative estimate of drug-likeness (QED) is 0.649. The first-order chi connectivity index (χ1) is 8.86. The zero-order valence-corrected chi connectivity index (χ0v) is 10.9. The lowest BCUT2D eigenvalue weighted by atomic mass is 9.58. The molecular weight excluding hydrogens is 216 g/mol. The molecular formula is C18H20. The third kappa shape index (κ3) is 1.51. The summed E-state index contributed by atoms with van der Waals surface area (Å²) in [7, 11) is 0. The molecule has 3 saturated carbocycles. The lowest BCUT2D eigenvalue weighted by Crippen LogP contribution is -2.37. The molecule has 92 valence electrons. The van der Waals surface area contributed by atoms with Crippen molar-refractivity contribution in [1.29, 1.82) is 0 Å². The summed E-state index contributed by atoms with van der Waals surface area (Å²) in [6.07, 6.45) is 8.68. The molecule has 0 heteroatoms. The molecule has 0 saturated heterocycles. The van der Waals surface area contributed by atoms with Crippen LogP contribution in [0.25, 0.3) is 10.8 Å². The van der Waals surface area contributed by atoms with Crippen molar-refractivity contribution in [2.45, 2.75) is 43.9 Å². The Hall–Kier alpha value is -1.30. The standard InChI is InChI=1S/C18H20/c1-2-4-16-13-17(6-5-15(16)3-1)18-10-7-14(8-11-18)9-12-18/h1-6,13-14H,7-12H2. The summed E-state index contributed by atoms with van der Waals surface area (Å²) in [5, 5.41) is 2.79. The van der Waals surface area contributed by atoms with E-state index in [2.05, 4.69) is 42.5 Å². The summed E-state index contributed by atoms with van der Waals surface area (Å²) >= 11 is 0. The largest absolute Gasteiger partial charge is 0.0616 e. The SMILES string of the molecule is c1ccc2cc(C34CCC(CC3)CC4)ccc2c1. The molecule has 3 aliphatic carbocycles. The van der Waals surface area contributed by atoms with E-state index in [-0.39, 0.29) is 0 Å². The molecule has 0 heterocycles. The number of fused-ring (bicyclic) bond motifs is 4. The van der Waals surface area contributed by atoms with E-state index in [1.165, 1.54) is 49.3 Å². The summed E-state index contributed by atoms with van der Waals surface area (Å²) in [5.41, 5.74) is 2.14. The highest BCUT2D eigenvalue weighted by Gasteiger charge is 2.41. The molecule has 0 spiro atoms. The van der Waals surface area contributed by atoms with Crippen LogP contribution in [0.5, 0.6) is 0 Å². The maximum atomic E-state index is 2.46. The molecule has 0 aromatic heterocycles. The number of rotatable bonds is 1. The van der Waals surface area contributed by atoms with Gasteiger partial charge >= 0.3 is 0 Å². The van der Waals surface area contributed by atoms with E-state index >= 15 is 0 Å². The number of hydrogen-bond donors (Lipinski definition) is 0. The van der Waals surface area contributed by atoms with Gasteiger partial charge in [0, 0.05) is 0 Å². The smallest absolute Gasteiger partial charge is 0.00464 e. The van der Waals surface area contributed by atoms with E-state index < -0.39 is 0 Å². The maximum absolute atomic E-state index is 2.46. The van der Waals surface area contributed by atoms with Gasteiger partial charge in [-0.3, -0.25) is 0 Å². The van der Waals surface area contributed by atoms with E-state index in [1.54, 1.807) is 5.56 Å². The van der Waals surface area contributed by atoms with Crippen molar-refractivity contribution in [3.63, 3.8) is 0 Å². The molecule has 0 N–H and O–H groups in total. The molecule has 0 aliphatic heterocycles. The van der Waals surface area contributed by atoms with E-state index in [0.29, 0.717) is 5.41 Å². The van der Waals surface area contributed by atoms with Gasteiger partial charge in [-0.1, -0.05) is 42.5 Å². The Kier molecular flexibility index (Phi) is 2.27. The van der Waals surface area contributed by atoms with Crippen LogP contribution in [-0.2, 0) is 5.41 Å². The molecule has 3 aliphatic rings. The van der Waals surface area contributed by atoms with Gasteiger partial charge in [-0.15, -0.1) is 0 Å². The van der Waals surface area contributed by atoms with Crippen LogP contribution in [0.4, 0.5) is 0 Å². The Morgan fingerprint density at radius 3 is 2.17 bits per heavy atom. The lowest BCUT2D eigenvalue weighted by Gasteiger charge is -2.47. The van der Waals surface area contributed by atoms with Gasteiger partial charge in [0.2, 0.25) is 0 Å². The van der Waals surface area contributed by atoms with Crippen LogP contribution in [0.2, 0.25) is 0 Å². The normalized spacial score (nSPS) is 30.8. The molecule has 3 fully saturated rings. The highest BCUT2D eigenvalue weighted by molar-refractivity contribution is 5.83. The summed E-state index contributed by atoms with van der Waals surface area (Å²) in [5.74, 6) is 1.05. The highest BCUT2D eigenvalue weighted by atomic mass is 14.5. The molecule has 0 amide bonds. The topological polar surface area (TPSA) is 0 Å². The Balaban J connectivity index is 1.81. The maximum Gasteiger partial charge on any atom is -0.00464 e. The third-order valence-corrected chi connectivity index (χ3v) is 5.46. The summed E-state index contributed by atoms with van der Waals surface area (Å²) < 4.78 is 0. The Morgan fingerprint density at radius 1 is 0.778 bits per heavy atom. The average Bonchev–Trinajstić information content (AvgIpc) is 2.49. The van der Waals surface area contributed by atoms with Crippen molar-refractivity contribution < 1.29 is 0 Å². The van der Waals surface area contributed by atoms with Gasteiger partial charge in [0.1, 0.15) is 0 Å². The predicted molar refractivity (Wildman–Crippen MR) is 76.8 cm³/mol. The molecule has 18 heavy (non-hydrogen) atoms. The van der Waals surface area contributed by atoms with Crippen LogP contribution in [0.1, 0.15) is 44.1 Å². The van der Waals surface area contributed by atoms with Crippen molar-refractivity contribution in [3.8, 4) is 0 Å². The van der Waals surface area contributed by atoms with E-state index in [1.807, 2.05) is 0 Å². The van der Waals surface area contributed by atoms with Crippen LogP contribution in [0.3, 0.4) is 0 Å². The van der Waals surface area contributed by atoms with Gasteiger partial charge in [0.25, 0.3) is 0 Å². The van der Waals surface area contributed by atoms with E-state index in [0.717, 1.165) is 5.92 Å². The van der Waals surface area contributed by atoms with Crippen molar-refractivity contribution in [2.24, 2.45) is 5.92 Å². The van der Waals surface area contributed by atoms with Crippen molar-refractivity contribution >= 4 is 10.8 Å².